The van der Waals surface area contributed by atoms with Crippen molar-refractivity contribution < 1.29 is 33.2 Å². The van der Waals surface area contributed by atoms with Crippen LogP contribution in [0.15, 0.2) is 42.0 Å². The first-order valence-corrected chi connectivity index (χ1v) is 12.7. The Morgan fingerprint density at radius 1 is 1.26 bits per heavy atom. The maximum absolute atomic E-state index is 13.8. The quantitative estimate of drug-likeness (QED) is 0.253. The minimum absolute atomic E-state index is 0.154. The van der Waals surface area contributed by atoms with Crippen molar-refractivity contribution in [2.45, 2.75) is 69.4 Å². The molecular weight excluding hydrogens is 497 g/mol. The van der Waals surface area contributed by atoms with E-state index in [4.69, 9.17) is 4.74 Å². The number of amides is 2. The highest BCUT2D eigenvalue weighted by molar-refractivity contribution is 6.43. The number of nitrogens with one attached hydrogen (secondary N) is 1. The molecule has 0 radical (unpaired) electrons. The highest BCUT2D eigenvalue weighted by Crippen LogP contribution is 2.34. The molecule has 2 amide bonds. The molecule has 206 valence electrons. The van der Waals surface area contributed by atoms with Crippen LogP contribution in [0.1, 0.15) is 45.6 Å². The van der Waals surface area contributed by atoms with Gasteiger partial charge in [0.15, 0.2) is 0 Å². The first kappa shape index (κ1) is 29.5. The smallest absolute Gasteiger partial charge is 0.447 e. The van der Waals surface area contributed by atoms with E-state index >= 15 is 0 Å². The lowest BCUT2D eigenvalue weighted by molar-refractivity contribution is -0.131. The normalized spacial score (nSPS) is 22.6. The van der Waals surface area contributed by atoms with Crippen molar-refractivity contribution in [2.24, 2.45) is 0 Å². The molecule has 2 aliphatic rings. The van der Waals surface area contributed by atoms with Gasteiger partial charge in [-0.2, -0.15) is 5.26 Å². The number of rotatable bonds is 9. The minimum Gasteiger partial charge on any atom is -0.447 e. The predicted molar refractivity (Wildman–Crippen MR) is 137 cm³/mol. The van der Waals surface area contributed by atoms with Crippen molar-refractivity contribution in [3.63, 3.8) is 0 Å². The lowest BCUT2D eigenvalue weighted by Gasteiger charge is -2.36. The van der Waals surface area contributed by atoms with Crippen LogP contribution in [0.4, 0.5) is 13.6 Å². The fourth-order valence-corrected chi connectivity index (χ4v) is 4.99. The summed E-state index contributed by atoms with van der Waals surface area (Å²) >= 11 is 0. The molecule has 1 aromatic rings. The van der Waals surface area contributed by atoms with Crippen molar-refractivity contribution in [3.8, 4) is 6.07 Å². The minimum atomic E-state index is -2.81. The molecule has 12 heteroatoms. The van der Waals surface area contributed by atoms with Gasteiger partial charge in [-0.3, -0.25) is 9.69 Å². The van der Waals surface area contributed by atoms with Gasteiger partial charge in [0.05, 0.1) is 18.0 Å². The molecule has 3 N–H and O–H groups in total. The van der Waals surface area contributed by atoms with Gasteiger partial charge in [0, 0.05) is 25.0 Å². The number of halogens is 2. The van der Waals surface area contributed by atoms with Gasteiger partial charge in [-0.05, 0) is 51.7 Å². The number of carbonyl (C=O) groups is 2. The standard InChI is InChI=1S/C26H35BF2N4O5/c1-24(2,32-13-11-26(28,29)17-32)15-20(16-30)22(34)33-12-7-10-25(33,3)18-38-23(35)31-21(27(36)37)14-19-8-5-4-6-9-19/h4-6,8-9,15,21,36-37H,7,10-14,17-18H2,1-3H3,(H,31,35)/b20-15+/t21-,25+/m0/s1. The maximum atomic E-state index is 13.8. The number of alkyl halides is 2. The number of nitriles is 1. The molecule has 3 rings (SSSR count). The van der Waals surface area contributed by atoms with Gasteiger partial charge in [0.2, 0.25) is 0 Å². The van der Waals surface area contributed by atoms with E-state index in [-0.39, 0.29) is 31.6 Å². The molecule has 0 bridgehead atoms. The van der Waals surface area contributed by atoms with Crippen LogP contribution in [0.5, 0.6) is 0 Å². The molecule has 0 unspecified atom stereocenters. The number of hydrogen-bond donors (Lipinski definition) is 3. The molecule has 0 aliphatic carbocycles. The van der Waals surface area contributed by atoms with Crippen LogP contribution in [0.2, 0.25) is 0 Å². The van der Waals surface area contributed by atoms with Gasteiger partial charge in [-0.1, -0.05) is 30.3 Å². The second-order valence-electron chi connectivity index (χ2n) is 10.8. The van der Waals surface area contributed by atoms with Gasteiger partial charge in [-0.15, -0.1) is 0 Å². The van der Waals surface area contributed by atoms with Crippen LogP contribution >= 0.6 is 0 Å². The Bertz CT molecular complexity index is 1080. The number of hydrogen-bond acceptors (Lipinski definition) is 7. The van der Waals surface area contributed by atoms with Gasteiger partial charge >= 0.3 is 13.2 Å². The second-order valence-corrected chi connectivity index (χ2v) is 10.8. The van der Waals surface area contributed by atoms with Gasteiger partial charge in [0.1, 0.15) is 18.2 Å². The van der Waals surface area contributed by atoms with Gasteiger partial charge < -0.3 is 25.0 Å². The molecular formula is C26H35BF2N4O5. The van der Waals surface area contributed by atoms with E-state index in [0.29, 0.717) is 19.4 Å². The number of benzene rings is 1. The molecule has 0 spiro atoms. The SMILES string of the molecule is CC(C)(/C=C(\C#N)C(=O)N1CCC[C@]1(C)COC(=O)N[C@@H](Cc1ccccc1)B(O)O)N1CCC(F)(F)C1. The first-order chi connectivity index (χ1) is 17.8. The molecule has 2 atom stereocenters. The molecule has 38 heavy (non-hydrogen) atoms. The summed E-state index contributed by atoms with van der Waals surface area (Å²) in [7, 11) is -1.81. The summed E-state index contributed by atoms with van der Waals surface area (Å²) in [5.74, 6) is -4.37. The first-order valence-electron chi connectivity index (χ1n) is 12.7. The molecule has 0 saturated carbocycles. The summed E-state index contributed by atoms with van der Waals surface area (Å²) in [4.78, 5) is 28.9. The number of ether oxygens (including phenoxy) is 1. The molecule has 2 heterocycles. The zero-order valence-corrected chi connectivity index (χ0v) is 22.0. The highest BCUT2D eigenvalue weighted by Gasteiger charge is 2.45. The maximum Gasteiger partial charge on any atom is 0.475 e. The summed E-state index contributed by atoms with van der Waals surface area (Å²) in [5, 5.41) is 31.6. The third-order valence-corrected chi connectivity index (χ3v) is 7.30. The molecule has 2 aliphatic heterocycles. The van der Waals surface area contributed by atoms with E-state index < -0.39 is 48.6 Å². The number of nitrogens with zero attached hydrogens (tertiary/aromatic N) is 3. The summed E-state index contributed by atoms with van der Waals surface area (Å²) < 4.78 is 32.9. The average molecular weight is 532 g/mol. The fraction of sp³-hybridized carbons (Fsp3) is 0.577. The Balaban J connectivity index is 1.65. The lowest BCUT2D eigenvalue weighted by atomic mass is 9.76. The Hall–Kier alpha value is -3.01. The number of carbonyl (C=O) groups excluding carboxylic acids is 2. The molecule has 1 aromatic carbocycles. The van der Waals surface area contributed by atoms with Crippen LogP contribution in [-0.4, -0.2) is 88.1 Å². The average Bonchev–Trinajstić information content (AvgIpc) is 3.43. The van der Waals surface area contributed by atoms with E-state index in [2.05, 4.69) is 5.32 Å². The molecule has 9 nitrogen and oxygen atoms in total. The lowest BCUT2D eigenvalue weighted by Crippen LogP contribution is -2.52. The fourth-order valence-electron chi connectivity index (χ4n) is 4.99. The van der Waals surface area contributed by atoms with Crippen molar-refractivity contribution in [2.75, 3.05) is 26.2 Å². The topological polar surface area (TPSA) is 126 Å². The van der Waals surface area contributed by atoms with E-state index in [1.165, 1.54) is 11.0 Å². The van der Waals surface area contributed by atoms with Crippen LogP contribution in [0.3, 0.4) is 0 Å². The van der Waals surface area contributed by atoms with Crippen molar-refractivity contribution in [1.82, 2.24) is 15.1 Å². The summed E-state index contributed by atoms with van der Waals surface area (Å²) in [5.41, 5.74) is -1.20. The van der Waals surface area contributed by atoms with E-state index in [9.17, 15) is 33.7 Å². The van der Waals surface area contributed by atoms with Crippen LogP contribution in [-0.2, 0) is 16.0 Å². The third-order valence-electron chi connectivity index (χ3n) is 7.30. The Kier molecular flexibility index (Phi) is 9.18. The summed E-state index contributed by atoms with van der Waals surface area (Å²) in [6.07, 6.45) is 1.60. The number of likely N-dealkylation sites (tertiary alicyclic amines) is 2. The zero-order chi connectivity index (χ0) is 28.1. The monoisotopic (exact) mass is 532 g/mol. The predicted octanol–water partition coefficient (Wildman–Crippen LogP) is 2.29. The molecule has 2 saturated heterocycles. The van der Waals surface area contributed by atoms with E-state index in [1.54, 1.807) is 49.9 Å². The van der Waals surface area contributed by atoms with Gasteiger partial charge in [0.25, 0.3) is 11.8 Å². The van der Waals surface area contributed by atoms with Gasteiger partial charge in [-0.25, -0.2) is 13.6 Å². The zero-order valence-electron chi connectivity index (χ0n) is 22.0. The van der Waals surface area contributed by atoms with Crippen LogP contribution < -0.4 is 5.32 Å². The number of alkyl carbamates (subject to hydrolysis) is 1. The Morgan fingerprint density at radius 3 is 2.53 bits per heavy atom. The molecule has 2 fully saturated rings. The summed E-state index contributed by atoms with van der Waals surface area (Å²) in [6, 6.07) is 10.9. The van der Waals surface area contributed by atoms with E-state index in [1.807, 2.05) is 12.1 Å². The Morgan fingerprint density at radius 2 is 1.95 bits per heavy atom. The third kappa shape index (κ3) is 7.31. The molecule has 0 aromatic heterocycles. The van der Waals surface area contributed by atoms with Crippen molar-refractivity contribution >= 4 is 19.1 Å². The van der Waals surface area contributed by atoms with Crippen LogP contribution in [0.25, 0.3) is 0 Å². The van der Waals surface area contributed by atoms with E-state index in [0.717, 1.165) is 5.56 Å². The van der Waals surface area contributed by atoms with Crippen LogP contribution in [0, 0.1) is 11.3 Å². The highest BCUT2D eigenvalue weighted by atomic mass is 19.3. The largest absolute Gasteiger partial charge is 0.475 e. The second kappa shape index (κ2) is 11.8. The van der Waals surface area contributed by atoms with Crippen molar-refractivity contribution in [3.05, 3.63) is 47.5 Å². The Labute approximate surface area is 222 Å². The summed E-state index contributed by atoms with van der Waals surface area (Å²) in [6.45, 7) is 5.00. The van der Waals surface area contributed by atoms with Crippen molar-refractivity contribution in [1.29, 1.82) is 5.26 Å².